The van der Waals surface area contributed by atoms with Gasteiger partial charge in [0.25, 0.3) is 0 Å². The lowest BCUT2D eigenvalue weighted by atomic mass is 10.1. The lowest BCUT2D eigenvalue weighted by molar-refractivity contribution is 0.212. The summed E-state index contributed by atoms with van der Waals surface area (Å²) in [7, 11) is 1.62. The summed E-state index contributed by atoms with van der Waals surface area (Å²) in [6, 6.07) is 11.7. The molecule has 0 aliphatic heterocycles. The largest absolute Gasteiger partial charge is 0.496 e. The average Bonchev–Trinajstić information content (AvgIpc) is 2.48. The summed E-state index contributed by atoms with van der Waals surface area (Å²) in [5, 5.41) is 0. The van der Waals surface area contributed by atoms with Crippen LogP contribution in [0.1, 0.15) is 11.7 Å². The Morgan fingerprint density at radius 2 is 1.57 bits per heavy atom. The Labute approximate surface area is 149 Å². The van der Waals surface area contributed by atoms with Crippen LogP contribution in [0, 0.1) is 0 Å². The van der Waals surface area contributed by atoms with Gasteiger partial charge in [0.1, 0.15) is 17.6 Å². The molecule has 2 rings (SSSR count). The standard InChI is InChI=1S/C15H14Br3NO2/c1-20-13-6-12(18)14(7-11(13)17)21-15(8-19)9-2-4-10(16)5-3-9/h2-7,15H,8,19H2,1H3. The molecule has 2 aromatic carbocycles. The molecule has 0 fully saturated rings. The highest BCUT2D eigenvalue weighted by molar-refractivity contribution is 9.11. The summed E-state index contributed by atoms with van der Waals surface area (Å²) in [5.74, 6) is 1.45. The molecule has 0 saturated heterocycles. The number of methoxy groups -OCH3 is 1. The Kier molecular flexibility index (Phi) is 6.10. The Morgan fingerprint density at radius 3 is 2.14 bits per heavy atom. The Balaban J connectivity index is 2.26. The third-order valence-electron chi connectivity index (χ3n) is 2.93. The minimum absolute atomic E-state index is 0.213. The van der Waals surface area contributed by atoms with Crippen molar-refractivity contribution in [3.8, 4) is 11.5 Å². The first-order valence-corrected chi connectivity index (χ1v) is 8.58. The SMILES string of the molecule is COc1cc(Br)c(OC(CN)c2ccc(Br)cc2)cc1Br. The number of halogens is 3. The van der Waals surface area contributed by atoms with Gasteiger partial charge in [0.15, 0.2) is 0 Å². The van der Waals surface area contributed by atoms with Gasteiger partial charge in [-0.1, -0.05) is 28.1 Å². The normalized spacial score (nSPS) is 12.0. The maximum atomic E-state index is 6.03. The first-order valence-electron chi connectivity index (χ1n) is 6.20. The summed E-state index contributed by atoms with van der Waals surface area (Å²) in [4.78, 5) is 0. The van der Waals surface area contributed by atoms with Gasteiger partial charge in [-0.15, -0.1) is 0 Å². The Bertz CT molecular complexity index is 617. The zero-order chi connectivity index (χ0) is 15.4. The van der Waals surface area contributed by atoms with Gasteiger partial charge in [0.2, 0.25) is 0 Å². The molecule has 1 unspecified atom stereocenters. The Morgan fingerprint density at radius 1 is 1.00 bits per heavy atom. The third kappa shape index (κ3) is 4.22. The van der Waals surface area contributed by atoms with Crippen molar-refractivity contribution in [1.29, 1.82) is 0 Å². The summed E-state index contributed by atoms with van der Waals surface area (Å²) in [6.07, 6.45) is -0.213. The van der Waals surface area contributed by atoms with Gasteiger partial charge >= 0.3 is 0 Å². The zero-order valence-electron chi connectivity index (χ0n) is 11.3. The minimum Gasteiger partial charge on any atom is -0.496 e. The van der Waals surface area contributed by atoms with Crippen molar-refractivity contribution >= 4 is 47.8 Å². The van der Waals surface area contributed by atoms with Crippen molar-refractivity contribution in [3.63, 3.8) is 0 Å². The van der Waals surface area contributed by atoms with E-state index in [9.17, 15) is 0 Å². The van der Waals surface area contributed by atoms with Crippen molar-refractivity contribution in [3.05, 3.63) is 55.4 Å². The molecule has 0 spiro atoms. The van der Waals surface area contributed by atoms with Crippen LogP contribution in [0.5, 0.6) is 11.5 Å². The Hall–Kier alpha value is -0.560. The molecule has 2 aromatic rings. The van der Waals surface area contributed by atoms with Gasteiger partial charge < -0.3 is 15.2 Å². The summed E-state index contributed by atoms with van der Waals surface area (Å²) in [6.45, 7) is 0.387. The molecule has 21 heavy (non-hydrogen) atoms. The lowest BCUT2D eigenvalue weighted by Gasteiger charge is -2.19. The van der Waals surface area contributed by atoms with E-state index in [1.54, 1.807) is 7.11 Å². The van der Waals surface area contributed by atoms with Crippen LogP contribution < -0.4 is 15.2 Å². The van der Waals surface area contributed by atoms with Crippen LogP contribution in [0.2, 0.25) is 0 Å². The van der Waals surface area contributed by atoms with Gasteiger partial charge in [-0.2, -0.15) is 0 Å². The minimum atomic E-state index is -0.213. The van der Waals surface area contributed by atoms with E-state index in [4.69, 9.17) is 15.2 Å². The molecule has 2 N–H and O–H groups in total. The van der Waals surface area contributed by atoms with Gasteiger partial charge in [-0.25, -0.2) is 0 Å². The molecule has 0 saturated carbocycles. The van der Waals surface area contributed by atoms with Crippen LogP contribution in [-0.2, 0) is 0 Å². The van der Waals surface area contributed by atoms with Crippen LogP contribution in [0.15, 0.2) is 49.8 Å². The van der Waals surface area contributed by atoms with Crippen LogP contribution in [0.3, 0.4) is 0 Å². The maximum Gasteiger partial charge on any atom is 0.136 e. The van der Waals surface area contributed by atoms with Crippen molar-refractivity contribution in [2.75, 3.05) is 13.7 Å². The predicted molar refractivity (Wildman–Crippen MR) is 95.0 cm³/mol. The van der Waals surface area contributed by atoms with Gasteiger partial charge in [0.05, 0.1) is 16.1 Å². The second kappa shape index (κ2) is 7.63. The zero-order valence-corrected chi connectivity index (χ0v) is 16.0. The molecule has 0 aliphatic rings. The van der Waals surface area contributed by atoms with Crippen molar-refractivity contribution in [2.24, 2.45) is 5.73 Å². The van der Waals surface area contributed by atoms with Gasteiger partial charge in [0, 0.05) is 11.0 Å². The molecule has 0 heterocycles. The highest BCUT2D eigenvalue weighted by Crippen LogP contribution is 2.37. The highest BCUT2D eigenvalue weighted by Gasteiger charge is 2.15. The van der Waals surface area contributed by atoms with E-state index in [0.717, 1.165) is 24.7 Å². The van der Waals surface area contributed by atoms with Gasteiger partial charge in [-0.05, 0) is 61.7 Å². The van der Waals surface area contributed by atoms with Crippen molar-refractivity contribution < 1.29 is 9.47 Å². The molecule has 0 radical (unpaired) electrons. The van der Waals surface area contributed by atoms with Gasteiger partial charge in [-0.3, -0.25) is 0 Å². The number of benzene rings is 2. The number of rotatable bonds is 5. The summed E-state index contributed by atoms with van der Waals surface area (Å²) in [5.41, 5.74) is 6.87. The first-order chi connectivity index (χ1) is 10.0. The molecular formula is C15H14Br3NO2. The van der Waals surface area contributed by atoms with E-state index in [-0.39, 0.29) is 6.10 Å². The molecule has 0 aliphatic carbocycles. The monoisotopic (exact) mass is 477 g/mol. The lowest BCUT2D eigenvalue weighted by Crippen LogP contribution is -2.18. The fourth-order valence-electron chi connectivity index (χ4n) is 1.84. The number of nitrogens with two attached hydrogens (primary N) is 1. The molecule has 3 nitrogen and oxygen atoms in total. The smallest absolute Gasteiger partial charge is 0.136 e. The van der Waals surface area contributed by atoms with Crippen LogP contribution in [0.4, 0.5) is 0 Å². The summed E-state index contributed by atoms with van der Waals surface area (Å²) < 4.78 is 13.9. The second-order valence-electron chi connectivity index (χ2n) is 4.31. The molecule has 1 atom stereocenters. The molecule has 112 valence electrons. The average molecular weight is 480 g/mol. The third-order valence-corrected chi connectivity index (χ3v) is 4.70. The fraction of sp³-hybridized carbons (Fsp3) is 0.200. The highest BCUT2D eigenvalue weighted by atomic mass is 79.9. The van der Waals surface area contributed by atoms with Crippen LogP contribution >= 0.6 is 47.8 Å². The number of hydrogen-bond acceptors (Lipinski definition) is 3. The van der Waals surface area contributed by atoms with E-state index in [1.807, 2.05) is 36.4 Å². The quantitative estimate of drug-likeness (QED) is 0.651. The summed E-state index contributed by atoms with van der Waals surface area (Å²) >= 11 is 10.4. The van der Waals surface area contributed by atoms with Crippen LogP contribution in [0.25, 0.3) is 0 Å². The number of hydrogen-bond donors (Lipinski definition) is 1. The van der Waals surface area contributed by atoms with Crippen LogP contribution in [-0.4, -0.2) is 13.7 Å². The van der Waals surface area contributed by atoms with Crippen molar-refractivity contribution in [1.82, 2.24) is 0 Å². The maximum absolute atomic E-state index is 6.03. The molecule has 0 amide bonds. The molecule has 0 aromatic heterocycles. The second-order valence-corrected chi connectivity index (χ2v) is 6.94. The molecule has 6 heteroatoms. The molecular weight excluding hydrogens is 466 g/mol. The first kappa shape index (κ1) is 16.8. The van der Waals surface area contributed by atoms with Crippen molar-refractivity contribution in [2.45, 2.75) is 6.10 Å². The number of ether oxygens (including phenoxy) is 2. The molecule has 0 bridgehead atoms. The van der Waals surface area contributed by atoms with E-state index < -0.39 is 0 Å². The van der Waals surface area contributed by atoms with E-state index in [0.29, 0.717) is 12.3 Å². The topological polar surface area (TPSA) is 44.5 Å². The predicted octanol–water partition coefficient (Wildman–Crippen LogP) is 5.06. The fourth-order valence-corrected chi connectivity index (χ4v) is 3.00. The van der Waals surface area contributed by atoms with E-state index in [1.165, 1.54) is 0 Å². The van der Waals surface area contributed by atoms with E-state index >= 15 is 0 Å². The van der Waals surface area contributed by atoms with E-state index in [2.05, 4.69) is 47.8 Å².